The third-order valence-corrected chi connectivity index (χ3v) is 3.17. The van der Waals surface area contributed by atoms with E-state index < -0.39 is 0 Å². The third-order valence-electron chi connectivity index (χ3n) is 3.17. The van der Waals surface area contributed by atoms with Gasteiger partial charge in [0.25, 0.3) is 0 Å². The number of imidazole rings is 1. The molecule has 0 amide bonds. The molecule has 0 aromatic carbocycles. The maximum Gasteiger partial charge on any atom is 0.245 e. The summed E-state index contributed by atoms with van der Waals surface area (Å²) in [5.74, 6) is 0.769. The molecule has 3 heterocycles. The molecule has 0 saturated carbocycles. The van der Waals surface area contributed by atoms with E-state index in [0.717, 1.165) is 5.69 Å². The van der Waals surface area contributed by atoms with E-state index in [9.17, 15) is 0 Å². The first-order valence-electron chi connectivity index (χ1n) is 6.15. The van der Waals surface area contributed by atoms with Crippen molar-refractivity contribution in [2.45, 2.75) is 13.0 Å². The first kappa shape index (κ1) is 12.3. The standard InChI is InChI=1S/C13H14N6O/c1-8(9-5-3-4-6-15-9)19-11-10(18-13(19)14)12(20-2)17-7-16-11/h3-8H,1-2H3,(H2,14,18). The maximum absolute atomic E-state index is 6.02. The molecule has 0 fully saturated rings. The van der Waals surface area contributed by atoms with Gasteiger partial charge in [-0.05, 0) is 19.1 Å². The number of fused-ring (bicyclic) bond motifs is 1. The number of aromatic nitrogens is 5. The Kier molecular flexibility index (Phi) is 2.94. The second-order valence-electron chi connectivity index (χ2n) is 4.33. The molecular formula is C13H14N6O. The Morgan fingerprint density at radius 3 is 2.80 bits per heavy atom. The average Bonchev–Trinajstić information content (AvgIpc) is 2.83. The van der Waals surface area contributed by atoms with E-state index in [4.69, 9.17) is 10.5 Å². The van der Waals surface area contributed by atoms with Gasteiger partial charge in [0.15, 0.2) is 11.2 Å². The highest BCUT2D eigenvalue weighted by Gasteiger charge is 2.20. The highest BCUT2D eigenvalue weighted by atomic mass is 16.5. The van der Waals surface area contributed by atoms with Crippen LogP contribution in [0.2, 0.25) is 0 Å². The molecule has 0 radical (unpaired) electrons. The van der Waals surface area contributed by atoms with Crippen LogP contribution in [0.15, 0.2) is 30.7 Å². The molecule has 2 N–H and O–H groups in total. The summed E-state index contributed by atoms with van der Waals surface area (Å²) in [6.45, 7) is 1.99. The SMILES string of the molecule is COc1ncnc2c1nc(N)n2C(C)c1ccccn1. The van der Waals surface area contributed by atoms with Crippen LogP contribution in [0.5, 0.6) is 5.88 Å². The molecular weight excluding hydrogens is 256 g/mol. The van der Waals surface area contributed by atoms with Gasteiger partial charge in [0.05, 0.1) is 18.8 Å². The highest BCUT2D eigenvalue weighted by Crippen LogP contribution is 2.28. The van der Waals surface area contributed by atoms with E-state index in [2.05, 4.69) is 19.9 Å². The molecule has 0 aliphatic rings. The number of nitrogens with two attached hydrogens (primary N) is 1. The Hall–Kier alpha value is -2.70. The average molecular weight is 270 g/mol. The summed E-state index contributed by atoms with van der Waals surface area (Å²) in [6, 6.07) is 5.66. The van der Waals surface area contributed by atoms with Crippen molar-refractivity contribution in [1.82, 2.24) is 24.5 Å². The van der Waals surface area contributed by atoms with Crippen LogP contribution in [0.25, 0.3) is 11.2 Å². The van der Waals surface area contributed by atoms with E-state index in [0.29, 0.717) is 23.0 Å². The smallest absolute Gasteiger partial charge is 0.245 e. The Bertz CT molecular complexity index is 739. The van der Waals surface area contributed by atoms with Crippen LogP contribution in [-0.2, 0) is 0 Å². The predicted octanol–water partition coefficient (Wildman–Crippen LogP) is 1.42. The zero-order chi connectivity index (χ0) is 14.1. The quantitative estimate of drug-likeness (QED) is 0.773. The minimum Gasteiger partial charge on any atom is -0.479 e. The van der Waals surface area contributed by atoms with Crippen LogP contribution in [0.3, 0.4) is 0 Å². The van der Waals surface area contributed by atoms with Gasteiger partial charge in [-0.2, -0.15) is 4.98 Å². The Morgan fingerprint density at radius 1 is 1.25 bits per heavy atom. The normalized spacial score (nSPS) is 12.5. The van der Waals surface area contributed by atoms with E-state index in [1.807, 2.05) is 29.7 Å². The minimum absolute atomic E-state index is 0.0826. The molecule has 0 saturated heterocycles. The molecule has 20 heavy (non-hydrogen) atoms. The fourth-order valence-corrected chi connectivity index (χ4v) is 2.19. The molecule has 102 valence electrons. The third kappa shape index (κ3) is 1.83. The number of anilines is 1. The van der Waals surface area contributed by atoms with Crippen LogP contribution in [0.4, 0.5) is 5.95 Å². The van der Waals surface area contributed by atoms with Crippen molar-refractivity contribution in [2.75, 3.05) is 12.8 Å². The first-order valence-corrected chi connectivity index (χ1v) is 6.15. The zero-order valence-electron chi connectivity index (χ0n) is 11.2. The van der Waals surface area contributed by atoms with Crippen molar-refractivity contribution in [3.8, 4) is 5.88 Å². The highest BCUT2D eigenvalue weighted by molar-refractivity contribution is 5.79. The van der Waals surface area contributed by atoms with Crippen LogP contribution < -0.4 is 10.5 Å². The summed E-state index contributed by atoms with van der Waals surface area (Å²) >= 11 is 0. The summed E-state index contributed by atoms with van der Waals surface area (Å²) in [5, 5.41) is 0. The molecule has 3 aromatic rings. The van der Waals surface area contributed by atoms with Gasteiger partial charge >= 0.3 is 0 Å². The summed E-state index contributed by atoms with van der Waals surface area (Å²) < 4.78 is 7.00. The van der Waals surface area contributed by atoms with Gasteiger partial charge in [-0.3, -0.25) is 9.55 Å². The van der Waals surface area contributed by atoms with Gasteiger partial charge in [-0.25, -0.2) is 9.97 Å². The van der Waals surface area contributed by atoms with E-state index >= 15 is 0 Å². The first-order chi connectivity index (χ1) is 9.72. The molecule has 1 atom stereocenters. The summed E-state index contributed by atoms with van der Waals surface area (Å²) in [7, 11) is 1.54. The lowest BCUT2D eigenvalue weighted by molar-refractivity contribution is 0.401. The van der Waals surface area contributed by atoms with Gasteiger partial charge in [0.2, 0.25) is 11.8 Å². The molecule has 0 bridgehead atoms. The Balaban J connectivity index is 2.19. The van der Waals surface area contributed by atoms with Crippen molar-refractivity contribution < 1.29 is 4.74 Å². The molecule has 3 rings (SSSR count). The number of hydrogen-bond acceptors (Lipinski definition) is 6. The molecule has 1 unspecified atom stereocenters. The van der Waals surface area contributed by atoms with Crippen LogP contribution >= 0.6 is 0 Å². The van der Waals surface area contributed by atoms with Gasteiger partial charge in [-0.1, -0.05) is 6.07 Å². The van der Waals surface area contributed by atoms with Crippen molar-refractivity contribution in [3.05, 3.63) is 36.4 Å². The van der Waals surface area contributed by atoms with Gasteiger partial charge in [0.1, 0.15) is 6.33 Å². The second kappa shape index (κ2) is 4.76. The number of ether oxygens (including phenoxy) is 1. The monoisotopic (exact) mass is 270 g/mol. The summed E-state index contributed by atoms with van der Waals surface area (Å²) in [4.78, 5) is 16.9. The lowest BCUT2D eigenvalue weighted by Gasteiger charge is -2.14. The second-order valence-corrected chi connectivity index (χ2v) is 4.33. The van der Waals surface area contributed by atoms with E-state index in [-0.39, 0.29) is 6.04 Å². The number of hydrogen-bond donors (Lipinski definition) is 1. The van der Waals surface area contributed by atoms with Crippen molar-refractivity contribution in [3.63, 3.8) is 0 Å². The van der Waals surface area contributed by atoms with Gasteiger partial charge < -0.3 is 10.5 Å². The van der Waals surface area contributed by atoms with Crippen molar-refractivity contribution in [2.24, 2.45) is 0 Å². The Morgan fingerprint density at radius 2 is 2.10 bits per heavy atom. The molecule has 7 nitrogen and oxygen atoms in total. The summed E-state index contributed by atoms with van der Waals surface area (Å²) in [6.07, 6.45) is 3.18. The lowest BCUT2D eigenvalue weighted by atomic mass is 10.2. The number of nitrogen functional groups attached to an aromatic ring is 1. The number of rotatable bonds is 3. The maximum atomic E-state index is 6.02. The fraction of sp³-hybridized carbons (Fsp3) is 0.231. The molecule has 0 spiro atoms. The number of nitrogens with zero attached hydrogens (tertiary/aromatic N) is 5. The summed E-state index contributed by atoms with van der Waals surface area (Å²) in [5.41, 5.74) is 8.08. The fourth-order valence-electron chi connectivity index (χ4n) is 2.19. The molecule has 0 aliphatic heterocycles. The van der Waals surface area contributed by atoms with E-state index in [1.165, 1.54) is 6.33 Å². The largest absolute Gasteiger partial charge is 0.479 e. The van der Waals surface area contributed by atoms with Crippen LogP contribution in [0, 0.1) is 0 Å². The number of pyridine rings is 1. The predicted molar refractivity (Wildman–Crippen MR) is 74.3 cm³/mol. The van der Waals surface area contributed by atoms with Gasteiger partial charge in [0, 0.05) is 6.20 Å². The van der Waals surface area contributed by atoms with Crippen LogP contribution in [0.1, 0.15) is 18.7 Å². The van der Waals surface area contributed by atoms with Crippen LogP contribution in [-0.4, -0.2) is 31.6 Å². The minimum atomic E-state index is -0.0826. The molecule has 0 aliphatic carbocycles. The molecule has 3 aromatic heterocycles. The Labute approximate surface area is 115 Å². The zero-order valence-corrected chi connectivity index (χ0v) is 11.2. The van der Waals surface area contributed by atoms with Crippen molar-refractivity contribution in [1.29, 1.82) is 0 Å². The number of methoxy groups -OCH3 is 1. The molecule has 7 heteroatoms. The van der Waals surface area contributed by atoms with Crippen molar-refractivity contribution >= 4 is 17.1 Å². The van der Waals surface area contributed by atoms with Gasteiger partial charge in [-0.15, -0.1) is 0 Å². The topological polar surface area (TPSA) is 91.7 Å². The van der Waals surface area contributed by atoms with E-state index in [1.54, 1.807) is 13.3 Å². The lowest BCUT2D eigenvalue weighted by Crippen LogP contribution is -2.12.